The highest BCUT2D eigenvalue weighted by Crippen LogP contribution is 2.08. The molecule has 7 heteroatoms. The van der Waals surface area contributed by atoms with E-state index in [9.17, 15) is 4.79 Å². The molecule has 116 valence electrons. The van der Waals surface area contributed by atoms with E-state index >= 15 is 0 Å². The topological polar surface area (TPSA) is 85.7 Å². The molecule has 0 bridgehead atoms. The Morgan fingerprint density at radius 3 is 2.57 bits per heavy atom. The molecule has 1 fully saturated rings. The average molecular weight is 292 g/mol. The van der Waals surface area contributed by atoms with Crippen molar-refractivity contribution >= 4 is 6.03 Å². The van der Waals surface area contributed by atoms with Crippen molar-refractivity contribution in [3.8, 4) is 0 Å². The van der Waals surface area contributed by atoms with E-state index in [1.807, 2.05) is 11.5 Å². The lowest BCUT2D eigenvalue weighted by molar-refractivity contribution is 0.215. The zero-order valence-electron chi connectivity index (χ0n) is 12.2. The molecule has 1 aromatic rings. The molecule has 0 aliphatic carbocycles. The van der Waals surface area contributed by atoms with Crippen molar-refractivity contribution in [1.82, 2.24) is 26.1 Å². The number of nitrogens with one attached hydrogen (secondary N) is 3. The van der Waals surface area contributed by atoms with Crippen LogP contribution in [0.2, 0.25) is 0 Å². The smallest absolute Gasteiger partial charge is 0.298 e. The van der Waals surface area contributed by atoms with Gasteiger partial charge in [0.25, 0.3) is 0 Å². The van der Waals surface area contributed by atoms with Gasteiger partial charge in [-0.2, -0.15) is 0 Å². The molecule has 2 rings (SSSR count). The fourth-order valence-corrected chi connectivity index (χ4v) is 2.45. The Balaban J connectivity index is 1.70. The standard InChI is InChI=1S/C14H24N6O/c15-17-14(21)18-16-12-20-8-4-7-19(9-10-20)11-13-5-2-1-3-6-13/h1-3,5-6,16H,4,7-12,15H2,(H2,17,18,21). The van der Waals surface area contributed by atoms with E-state index in [0.717, 1.165) is 39.1 Å². The van der Waals surface area contributed by atoms with Crippen LogP contribution < -0.4 is 22.1 Å². The van der Waals surface area contributed by atoms with Crippen LogP contribution >= 0.6 is 0 Å². The zero-order valence-corrected chi connectivity index (χ0v) is 12.2. The molecular formula is C14H24N6O. The van der Waals surface area contributed by atoms with Crippen molar-refractivity contribution in [2.24, 2.45) is 5.84 Å². The minimum Gasteiger partial charge on any atom is -0.298 e. The molecule has 5 N–H and O–H groups in total. The number of hydrazine groups is 2. The number of carbonyl (C=O) groups is 1. The van der Waals surface area contributed by atoms with Crippen LogP contribution in [0.5, 0.6) is 0 Å². The molecule has 0 unspecified atom stereocenters. The fraction of sp³-hybridized carbons (Fsp3) is 0.500. The van der Waals surface area contributed by atoms with Crippen LogP contribution in [0.1, 0.15) is 12.0 Å². The molecule has 0 spiro atoms. The van der Waals surface area contributed by atoms with Gasteiger partial charge in [0.15, 0.2) is 0 Å². The largest absolute Gasteiger partial charge is 0.343 e. The molecule has 1 aromatic carbocycles. The Labute approximate surface area is 125 Å². The summed E-state index contributed by atoms with van der Waals surface area (Å²) < 4.78 is 0. The van der Waals surface area contributed by atoms with Crippen LogP contribution in [0, 0.1) is 0 Å². The molecule has 2 amide bonds. The van der Waals surface area contributed by atoms with Crippen LogP contribution in [-0.4, -0.2) is 48.7 Å². The van der Waals surface area contributed by atoms with Crippen molar-refractivity contribution in [3.63, 3.8) is 0 Å². The van der Waals surface area contributed by atoms with E-state index in [0.29, 0.717) is 6.67 Å². The van der Waals surface area contributed by atoms with Crippen molar-refractivity contribution in [3.05, 3.63) is 35.9 Å². The molecule has 1 heterocycles. The van der Waals surface area contributed by atoms with Crippen LogP contribution in [0.15, 0.2) is 30.3 Å². The average Bonchev–Trinajstić information content (AvgIpc) is 2.74. The summed E-state index contributed by atoms with van der Waals surface area (Å²) in [7, 11) is 0. The molecule has 0 atom stereocenters. The summed E-state index contributed by atoms with van der Waals surface area (Å²) in [5.74, 6) is 4.99. The number of hydrogen-bond donors (Lipinski definition) is 4. The summed E-state index contributed by atoms with van der Waals surface area (Å²) in [5, 5.41) is 0. The lowest BCUT2D eigenvalue weighted by Gasteiger charge is -2.22. The molecule has 0 radical (unpaired) electrons. The summed E-state index contributed by atoms with van der Waals surface area (Å²) >= 11 is 0. The van der Waals surface area contributed by atoms with E-state index in [1.165, 1.54) is 5.56 Å². The Morgan fingerprint density at radius 1 is 1.10 bits per heavy atom. The van der Waals surface area contributed by atoms with Gasteiger partial charge in [-0.25, -0.2) is 16.1 Å². The summed E-state index contributed by atoms with van der Waals surface area (Å²) in [6.45, 7) is 5.74. The molecule has 1 saturated heterocycles. The first kappa shape index (κ1) is 15.7. The monoisotopic (exact) mass is 292 g/mol. The number of amides is 2. The van der Waals surface area contributed by atoms with Crippen LogP contribution in [0.3, 0.4) is 0 Å². The first-order valence-corrected chi connectivity index (χ1v) is 7.26. The second kappa shape index (κ2) is 8.58. The number of hydrogen-bond acceptors (Lipinski definition) is 5. The van der Waals surface area contributed by atoms with E-state index in [2.05, 4.69) is 44.9 Å². The summed E-state index contributed by atoms with van der Waals surface area (Å²) in [5.41, 5.74) is 8.70. The Kier molecular flexibility index (Phi) is 6.42. The lowest BCUT2D eigenvalue weighted by atomic mass is 10.2. The van der Waals surface area contributed by atoms with Crippen LogP contribution in [0.4, 0.5) is 4.79 Å². The maximum absolute atomic E-state index is 10.9. The molecule has 1 aliphatic rings. The van der Waals surface area contributed by atoms with Crippen molar-refractivity contribution in [2.45, 2.75) is 13.0 Å². The Bertz CT molecular complexity index is 427. The molecular weight excluding hydrogens is 268 g/mol. The van der Waals surface area contributed by atoms with Gasteiger partial charge in [-0.05, 0) is 18.5 Å². The van der Waals surface area contributed by atoms with E-state index in [4.69, 9.17) is 5.84 Å². The van der Waals surface area contributed by atoms with E-state index in [1.54, 1.807) is 0 Å². The fourth-order valence-electron chi connectivity index (χ4n) is 2.45. The predicted molar refractivity (Wildman–Crippen MR) is 81.8 cm³/mol. The second-order valence-electron chi connectivity index (χ2n) is 5.17. The maximum atomic E-state index is 10.9. The lowest BCUT2D eigenvalue weighted by Crippen LogP contribution is -2.50. The summed E-state index contributed by atoms with van der Waals surface area (Å²) in [4.78, 5) is 15.7. The first-order chi connectivity index (χ1) is 10.3. The molecule has 0 saturated carbocycles. The van der Waals surface area contributed by atoms with E-state index in [-0.39, 0.29) is 0 Å². The van der Waals surface area contributed by atoms with Gasteiger partial charge >= 0.3 is 6.03 Å². The van der Waals surface area contributed by atoms with Crippen molar-refractivity contribution in [2.75, 3.05) is 32.8 Å². The highest BCUT2D eigenvalue weighted by molar-refractivity contribution is 5.72. The SMILES string of the molecule is NNC(=O)NNCN1CCCN(Cc2ccccc2)CC1. The third kappa shape index (κ3) is 5.68. The number of nitrogens with zero attached hydrogens (tertiary/aromatic N) is 2. The third-order valence-corrected chi connectivity index (χ3v) is 3.57. The number of nitrogens with two attached hydrogens (primary N) is 1. The predicted octanol–water partition coefficient (Wildman–Crippen LogP) is -0.171. The van der Waals surface area contributed by atoms with Crippen molar-refractivity contribution in [1.29, 1.82) is 0 Å². The number of carbonyl (C=O) groups excluding carboxylic acids is 1. The number of rotatable bonds is 5. The first-order valence-electron chi connectivity index (χ1n) is 7.26. The highest BCUT2D eigenvalue weighted by Gasteiger charge is 2.14. The quantitative estimate of drug-likeness (QED) is 0.344. The van der Waals surface area contributed by atoms with Gasteiger partial charge in [0.2, 0.25) is 0 Å². The maximum Gasteiger partial charge on any atom is 0.343 e. The number of urea groups is 1. The van der Waals surface area contributed by atoms with Gasteiger partial charge in [0.05, 0.1) is 6.67 Å². The van der Waals surface area contributed by atoms with Gasteiger partial charge < -0.3 is 0 Å². The Morgan fingerprint density at radius 2 is 1.81 bits per heavy atom. The summed E-state index contributed by atoms with van der Waals surface area (Å²) in [6.07, 6.45) is 1.12. The third-order valence-electron chi connectivity index (χ3n) is 3.57. The van der Waals surface area contributed by atoms with Gasteiger partial charge in [-0.15, -0.1) is 0 Å². The minimum atomic E-state index is -0.435. The van der Waals surface area contributed by atoms with Crippen LogP contribution in [-0.2, 0) is 6.54 Å². The highest BCUT2D eigenvalue weighted by atomic mass is 16.2. The minimum absolute atomic E-state index is 0.435. The molecule has 7 nitrogen and oxygen atoms in total. The van der Waals surface area contributed by atoms with Gasteiger partial charge in [-0.3, -0.25) is 20.7 Å². The van der Waals surface area contributed by atoms with Crippen LogP contribution in [0.25, 0.3) is 0 Å². The second-order valence-corrected chi connectivity index (χ2v) is 5.17. The van der Waals surface area contributed by atoms with E-state index < -0.39 is 6.03 Å². The Hall–Kier alpha value is -1.67. The van der Waals surface area contributed by atoms with Gasteiger partial charge in [-0.1, -0.05) is 30.3 Å². The zero-order chi connectivity index (χ0) is 14.9. The molecule has 1 aliphatic heterocycles. The molecule has 21 heavy (non-hydrogen) atoms. The van der Waals surface area contributed by atoms with Gasteiger partial charge in [0.1, 0.15) is 0 Å². The summed E-state index contributed by atoms with van der Waals surface area (Å²) in [6, 6.07) is 10.1. The normalized spacial score (nSPS) is 17.2. The molecule has 0 aromatic heterocycles. The number of benzene rings is 1. The van der Waals surface area contributed by atoms with Crippen molar-refractivity contribution < 1.29 is 4.79 Å². The van der Waals surface area contributed by atoms with Gasteiger partial charge in [0, 0.05) is 26.2 Å².